The molecule has 0 radical (unpaired) electrons. The first-order chi connectivity index (χ1) is 6.74. The van der Waals surface area contributed by atoms with Crippen molar-refractivity contribution < 1.29 is 4.74 Å². The van der Waals surface area contributed by atoms with Crippen LogP contribution in [0.5, 0.6) is 0 Å². The molecule has 0 spiro atoms. The lowest BCUT2D eigenvalue weighted by Gasteiger charge is -2.05. The zero-order valence-corrected chi connectivity index (χ0v) is 8.84. The van der Waals surface area contributed by atoms with Crippen molar-refractivity contribution in [2.75, 3.05) is 7.11 Å². The number of ether oxygens (including phenoxy) is 1. The maximum Gasteiger partial charge on any atom is 0.180 e. The van der Waals surface area contributed by atoms with Crippen molar-refractivity contribution >= 4 is 5.90 Å². The number of hydrogen-bond donors (Lipinski definition) is 1. The zero-order chi connectivity index (χ0) is 10.4. The minimum atomic E-state index is 0.374. The summed E-state index contributed by atoms with van der Waals surface area (Å²) in [5.41, 5.74) is 2.70. The number of nitrogens with one attached hydrogen (secondary N) is 1. The highest BCUT2D eigenvalue weighted by Crippen LogP contribution is 2.10. The first kappa shape index (κ1) is 10.8. The molecule has 1 rings (SSSR count). The van der Waals surface area contributed by atoms with Gasteiger partial charge in [-0.25, -0.2) is 0 Å². The van der Waals surface area contributed by atoms with Gasteiger partial charge in [-0.2, -0.15) is 0 Å². The molecule has 1 aromatic rings. The van der Waals surface area contributed by atoms with Crippen molar-refractivity contribution in [3.8, 4) is 0 Å². The van der Waals surface area contributed by atoms with E-state index >= 15 is 0 Å². The SMILES string of the molecule is COC(=N)CCCc1ccccc1C. The predicted molar refractivity (Wildman–Crippen MR) is 58.9 cm³/mol. The number of hydrogen-bond acceptors (Lipinski definition) is 2. The standard InChI is InChI=1S/C12H17NO/c1-10-6-3-4-7-11(10)8-5-9-12(13)14-2/h3-4,6-7,13H,5,8-9H2,1-2H3. The van der Waals surface area contributed by atoms with Gasteiger partial charge in [0.05, 0.1) is 7.11 Å². The van der Waals surface area contributed by atoms with Crippen LogP contribution in [-0.4, -0.2) is 13.0 Å². The molecule has 0 aliphatic rings. The van der Waals surface area contributed by atoms with Crippen LogP contribution in [0.4, 0.5) is 0 Å². The quantitative estimate of drug-likeness (QED) is 0.576. The molecule has 0 saturated heterocycles. The Hall–Kier alpha value is -1.31. The van der Waals surface area contributed by atoms with E-state index in [0.717, 1.165) is 19.3 Å². The monoisotopic (exact) mass is 191 g/mol. The van der Waals surface area contributed by atoms with Gasteiger partial charge in [0.1, 0.15) is 0 Å². The summed E-state index contributed by atoms with van der Waals surface area (Å²) in [4.78, 5) is 0. The molecule has 0 aliphatic carbocycles. The van der Waals surface area contributed by atoms with Crippen LogP contribution < -0.4 is 0 Å². The van der Waals surface area contributed by atoms with Gasteiger partial charge >= 0.3 is 0 Å². The summed E-state index contributed by atoms with van der Waals surface area (Å²) in [6, 6.07) is 8.38. The molecule has 1 N–H and O–H groups in total. The molecule has 0 aliphatic heterocycles. The van der Waals surface area contributed by atoms with Crippen LogP contribution in [0.3, 0.4) is 0 Å². The maximum absolute atomic E-state index is 7.33. The Morgan fingerprint density at radius 2 is 2.07 bits per heavy atom. The highest BCUT2D eigenvalue weighted by molar-refractivity contribution is 5.72. The molecular formula is C12H17NO. The van der Waals surface area contributed by atoms with E-state index in [0.29, 0.717) is 5.90 Å². The van der Waals surface area contributed by atoms with E-state index in [2.05, 4.69) is 31.2 Å². The van der Waals surface area contributed by atoms with E-state index in [1.807, 2.05) is 0 Å². The number of aryl methyl sites for hydroxylation is 2. The summed E-state index contributed by atoms with van der Waals surface area (Å²) in [5, 5.41) is 7.33. The van der Waals surface area contributed by atoms with Gasteiger partial charge in [-0.15, -0.1) is 0 Å². The molecule has 0 fully saturated rings. The minimum Gasteiger partial charge on any atom is -0.484 e. The van der Waals surface area contributed by atoms with Gasteiger partial charge in [0, 0.05) is 6.42 Å². The molecule has 76 valence electrons. The first-order valence-corrected chi connectivity index (χ1v) is 4.90. The molecule has 0 saturated carbocycles. The average molecular weight is 191 g/mol. The van der Waals surface area contributed by atoms with Gasteiger partial charge in [-0.05, 0) is 30.9 Å². The van der Waals surface area contributed by atoms with Gasteiger partial charge in [0.25, 0.3) is 0 Å². The van der Waals surface area contributed by atoms with Crippen LogP contribution in [-0.2, 0) is 11.2 Å². The highest BCUT2D eigenvalue weighted by Gasteiger charge is 1.99. The van der Waals surface area contributed by atoms with Gasteiger partial charge in [0.15, 0.2) is 5.90 Å². The lowest BCUT2D eigenvalue weighted by Crippen LogP contribution is -2.00. The Balaban J connectivity index is 2.39. The number of methoxy groups -OCH3 is 1. The Morgan fingerprint density at radius 1 is 1.36 bits per heavy atom. The lowest BCUT2D eigenvalue weighted by molar-refractivity contribution is 0.384. The Morgan fingerprint density at radius 3 is 2.71 bits per heavy atom. The largest absolute Gasteiger partial charge is 0.484 e. The van der Waals surface area contributed by atoms with Gasteiger partial charge in [-0.3, -0.25) is 5.41 Å². The molecule has 2 nitrogen and oxygen atoms in total. The van der Waals surface area contributed by atoms with Crippen LogP contribution in [0.1, 0.15) is 24.0 Å². The van der Waals surface area contributed by atoms with Crippen LogP contribution >= 0.6 is 0 Å². The van der Waals surface area contributed by atoms with E-state index in [9.17, 15) is 0 Å². The molecule has 14 heavy (non-hydrogen) atoms. The van der Waals surface area contributed by atoms with E-state index < -0.39 is 0 Å². The van der Waals surface area contributed by atoms with Crippen molar-refractivity contribution in [1.29, 1.82) is 5.41 Å². The summed E-state index contributed by atoms with van der Waals surface area (Å²) in [6.07, 6.45) is 2.74. The molecule has 0 unspecified atom stereocenters. The second-order valence-electron chi connectivity index (χ2n) is 3.41. The third-order valence-corrected chi connectivity index (χ3v) is 2.36. The van der Waals surface area contributed by atoms with Crippen molar-refractivity contribution in [3.05, 3.63) is 35.4 Å². The molecule has 0 atom stereocenters. The van der Waals surface area contributed by atoms with Crippen molar-refractivity contribution in [3.63, 3.8) is 0 Å². The minimum absolute atomic E-state index is 0.374. The van der Waals surface area contributed by atoms with Crippen LogP contribution in [0.15, 0.2) is 24.3 Å². The molecule has 0 heterocycles. The third-order valence-electron chi connectivity index (χ3n) is 2.36. The highest BCUT2D eigenvalue weighted by atomic mass is 16.5. The molecule has 1 aromatic carbocycles. The predicted octanol–water partition coefficient (Wildman–Crippen LogP) is 2.94. The van der Waals surface area contributed by atoms with E-state index in [1.165, 1.54) is 11.1 Å². The maximum atomic E-state index is 7.33. The van der Waals surface area contributed by atoms with Crippen LogP contribution in [0.25, 0.3) is 0 Å². The fraction of sp³-hybridized carbons (Fsp3) is 0.417. The van der Waals surface area contributed by atoms with Crippen molar-refractivity contribution in [1.82, 2.24) is 0 Å². The van der Waals surface area contributed by atoms with Gasteiger partial charge < -0.3 is 4.74 Å². The molecule has 0 aromatic heterocycles. The second kappa shape index (κ2) is 5.43. The Labute approximate surface area is 85.4 Å². The van der Waals surface area contributed by atoms with Gasteiger partial charge in [0.2, 0.25) is 0 Å². The topological polar surface area (TPSA) is 33.1 Å². The van der Waals surface area contributed by atoms with Crippen LogP contribution in [0.2, 0.25) is 0 Å². The first-order valence-electron chi connectivity index (χ1n) is 4.90. The Bertz CT molecular complexity index is 307. The molecule has 0 bridgehead atoms. The third kappa shape index (κ3) is 3.21. The summed E-state index contributed by atoms with van der Waals surface area (Å²) in [6.45, 7) is 2.12. The fourth-order valence-corrected chi connectivity index (χ4v) is 1.43. The Kier molecular flexibility index (Phi) is 4.17. The smallest absolute Gasteiger partial charge is 0.180 e. The van der Waals surface area contributed by atoms with Crippen molar-refractivity contribution in [2.24, 2.45) is 0 Å². The fourth-order valence-electron chi connectivity index (χ4n) is 1.43. The molecular weight excluding hydrogens is 174 g/mol. The number of rotatable bonds is 4. The van der Waals surface area contributed by atoms with E-state index in [4.69, 9.17) is 10.1 Å². The normalized spacial score (nSPS) is 9.86. The van der Waals surface area contributed by atoms with Gasteiger partial charge in [-0.1, -0.05) is 24.3 Å². The molecule has 2 heteroatoms. The average Bonchev–Trinajstić information content (AvgIpc) is 2.20. The second-order valence-corrected chi connectivity index (χ2v) is 3.41. The summed E-state index contributed by atoms with van der Waals surface area (Å²) in [7, 11) is 1.55. The number of benzene rings is 1. The van der Waals surface area contributed by atoms with E-state index in [-0.39, 0.29) is 0 Å². The van der Waals surface area contributed by atoms with Crippen LogP contribution in [0, 0.1) is 12.3 Å². The zero-order valence-electron chi connectivity index (χ0n) is 8.84. The van der Waals surface area contributed by atoms with Crippen molar-refractivity contribution in [2.45, 2.75) is 26.2 Å². The molecule has 0 amide bonds. The summed E-state index contributed by atoms with van der Waals surface area (Å²) >= 11 is 0. The summed E-state index contributed by atoms with van der Waals surface area (Å²) < 4.78 is 4.80. The van der Waals surface area contributed by atoms with E-state index in [1.54, 1.807) is 7.11 Å². The summed E-state index contributed by atoms with van der Waals surface area (Å²) in [5.74, 6) is 0.374. The lowest BCUT2D eigenvalue weighted by atomic mass is 10.0.